The summed E-state index contributed by atoms with van der Waals surface area (Å²) in [6, 6.07) is 1.56. The fraction of sp³-hybridized carbons (Fsp3) is 0.533. The van der Waals surface area contributed by atoms with Crippen molar-refractivity contribution in [3.8, 4) is 0 Å². The third-order valence-corrected chi connectivity index (χ3v) is 4.46. The molecule has 0 bridgehead atoms. The van der Waals surface area contributed by atoms with E-state index in [2.05, 4.69) is 12.2 Å². The lowest BCUT2D eigenvalue weighted by atomic mass is 9.77. The summed E-state index contributed by atoms with van der Waals surface area (Å²) in [6.07, 6.45) is 2.98. The van der Waals surface area contributed by atoms with Gasteiger partial charge in [0.05, 0.1) is 22.7 Å². The topological polar surface area (TPSA) is 49.3 Å². The number of benzene rings is 1. The van der Waals surface area contributed by atoms with Crippen molar-refractivity contribution in [2.75, 3.05) is 6.61 Å². The summed E-state index contributed by atoms with van der Waals surface area (Å²) in [4.78, 5) is 12.2. The van der Waals surface area contributed by atoms with Crippen LogP contribution in [0, 0.1) is 17.6 Å². The van der Waals surface area contributed by atoms with Crippen molar-refractivity contribution in [2.24, 2.45) is 5.92 Å². The first-order chi connectivity index (χ1) is 9.87. The minimum atomic E-state index is -0.879. The van der Waals surface area contributed by atoms with Gasteiger partial charge in [0.25, 0.3) is 5.91 Å². The van der Waals surface area contributed by atoms with Gasteiger partial charge in [-0.3, -0.25) is 4.79 Å². The molecule has 1 aromatic carbocycles. The Hall–Kier alpha value is -1.20. The Morgan fingerprint density at radius 3 is 2.57 bits per heavy atom. The maximum Gasteiger partial charge on any atom is 0.254 e. The normalized spacial score (nSPS) is 25.7. The number of halogens is 3. The van der Waals surface area contributed by atoms with Crippen LogP contribution in [0.5, 0.6) is 0 Å². The van der Waals surface area contributed by atoms with E-state index in [0.717, 1.165) is 25.0 Å². The van der Waals surface area contributed by atoms with Gasteiger partial charge in [-0.2, -0.15) is 0 Å². The largest absolute Gasteiger partial charge is 0.394 e. The van der Waals surface area contributed by atoms with Gasteiger partial charge in [0.1, 0.15) is 11.6 Å². The quantitative estimate of drug-likeness (QED) is 0.840. The Bertz CT molecular complexity index is 543. The Kier molecular flexibility index (Phi) is 4.84. The SMILES string of the molecule is CC1CCC(CO)(NC(=O)c2cc(F)c(Cl)cc2F)CC1. The van der Waals surface area contributed by atoms with Gasteiger partial charge in [-0.15, -0.1) is 0 Å². The molecule has 6 heteroatoms. The van der Waals surface area contributed by atoms with E-state index in [1.54, 1.807) is 0 Å². The molecule has 21 heavy (non-hydrogen) atoms. The fourth-order valence-corrected chi connectivity index (χ4v) is 2.79. The molecular formula is C15H18ClF2NO2. The lowest BCUT2D eigenvalue weighted by Gasteiger charge is -2.38. The van der Waals surface area contributed by atoms with Gasteiger partial charge in [-0.1, -0.05) is 18.5 Å². The van der Waals surface area contributed by atoms with Gasteiger partial charge in [-0.25, -0.2) is 8.78 Å². The lowest BCUT2D eigenvalue weighted by molar-refractivity contribution is 0.0713. The van der Waals surface area contributed by atoms with E-state index in [0.29, 0.717) is 18.8 Å². The van der Waals surface area contributed by atoms with Crippen LogP contribution in [0.3, 0.4) is 0 Å². The van der Waals surface area contributed by atoms with Gasteiger partial charge >= 0.3 is 0 Å². The standard InChI is InChI=1S/C15H18ClF2NO2/c1-9-2-4-15(8-20,5-3-9)19-14(21)10-6-13(18)11(16)7-12(10)17/h6-7,9,20H,2-5,8H2,1H3,(H,19,21). The van der Waals surface area contributed by atoms with Gasteiger partial charge in [-0.05, 0) is 43.7 Å². The van der Waals surface area contributed by atoms with Gasteiger partial charge < -0.3 is 10.4 Å². The molecule has 1 aliphatic rings. The highest BCUT2D eigenvalue weighted by Gasteiger charge is 2.35. The maximum atomic E-state index is 13.8. The van der Waals surface area contributed by atoms with Crippen molar-refractivity contribution in [3.63, 3.8) is 0 Å². The molecule has 0 atom stereocenters. The smallest absolute Gasteiger partial charge is 0.254 e. The molecule has 0 heterocycles. The summed E-state index contributed by atoms with van der Waals surface area (Å²) in [5.41, 5.74) is -1.16. The second-order valence-corrected chi connectivity index (χ2v) is 6.23. The van der Waals surface area contributed by atoms with E-state index in [9.17, 15) is 18.7 Å². The van der Waals surface area contributed by atoms with Crippen LogP contribution in [0.1, 0.15) is 43.0 Å². The van der Waals surface area contributed by atoms with Crippen molar-refractivity contribution in [3.05, 3.63) is 34.4 Å². The van der Waals surface area contributed by atoms with E-state index in [1.807, 2.05) is 0 Å². The molecule has 0 aliphatic heterocycles. The predicted molar refractivity (Wildman–Crippen MR) is 76.3 cm³/mol. The average Bonchev–Trinajstić information content (AvgIpc) is 2.45. The van der Waals surface area contributed by atoms with Crippen molar-refractivity contribution in [1.29, 1.82) is 0 Å². The van der Waals surface area contributed by atoms with Gasteiger partial charge in [0.15, 0.2) is 0 Å². The highest BCUT2D eigenvalue weighted by molar-refractivity contribution is 6.30. The zero-order chi connectivity index (χ0) is 15.6. The number of nitrogens with one attached hydrogen (secondary N) is 1. The molecule has 116 valence electrons. The van der Waals surface area contributed by atoms with Crippen LogP contribution < -0.4 is 5.32 Å². The van der Waals surface area contributed by atoms with Crippen LogP contribution in [0.2, 0.25) is 5.02 Å². The average molecular weight is 318 g/mol. The number of rotatable bonds is 3. The van der Waals surface area contributed by atoms with Gasteiger partial charge in [0, 0.05) is 0 Å². The summed E-state index contributed by atoms with van der Waals surface area (Å²) < 4.78 is 27.2. The van der Waals surface area contributed by atoms with E-state index in [4.69, 9.17) is 11.6 Å². The zero-order valence-electron chi connectivity index (χ0n) is 11.8. The molecule has 0 aromatic heterocycles. The number of amides is 1. The molecule has 0 unspecified atom stereocenters. The van der Waals surface area contributed by atoms with E-state index in [1.165, 1.54) is 0 Å². The molecule has 1 aromatic rings. The number of aliphatic hydroxyl groups excluding tert-OH is 1. The Morgan fingerprint density at radius 1 is 1.38 bits per heavy atom. The lowest BCUT2D eigenvalue weighted by Crippen LogP contribution is -2.53. The van der Waals surface area contributed by atoms with Crippen molar-refractivity contribution >= 4 is 17.5 Å². The van der Waals surface area contributed by atoms with Crippen LogP contribution in [-0.4, -0.2) is 23.2 Å². The Morgan fingerprint density at radius 2 is 2.00 bits per heavy atom. The summed E-state index contributed by atoms with van der Waals surface area (Å²) in [5, 5.41) is 11.9. The fourth-order valence-electron chi connectivity index (χ4n) is 2.64. The van der Waals surface area contributed by atoms with Crippen LogP contribution in [0.25, 0.3) is 0 Å². The van der Waals surface area contributed by atoms with Crippen molar-refractivity contribution in [1.82, 2.24) is 5.32 Å². The van der Waals surface area contributed by atoms with Crippen LogP contribution in [-0.2, 0) is 0 Å². The summed E-state index contributed by atoms with van der Waals surface area (Å²) in [5.74, 6) is -1.92. The first-order valence-corrected chi connectivity index (χ1v) is 7.32. The molecule has 2 N–H and O–H groups in total. The Labute approximate surface area is 127 Å². The Balaban J connectivity index is 2.19. The highest BCUT2D eigenvalue weighted by Crippen LogP contribution is 2.32. The number of carbonyl (C=O) groups is 1. The summed E-state index contributed by atoms with van der Waals surface area (Å²) in [7, 11) is 0. The predicted octanol–water partition coefficient (Wildman–Crippen LogP) is 3.29. The molecule has 3 nitrogen and oxygen atoms in total. The number of aliphatic hydroxyl groups is 1. The van der Waals surface area contributed by atoms with Crippen LogP contribution in [0.4, 0.5) is 8.78 Å². The van der Waals surface area contributed by atoms with Crippen LogP contribution >= 0.6 is 11.6 Å². The second kappa shape index (κ2) is 6.28. The molecule has 0 radical (unpaired) electrons. The molecular weight excluding hydrogens is 300 g/mol. The highest BCUT2D eigenvalue weighted by atomic mass is 35.5. The van der Waals surface area contributed by atoms with Crippen LogP contribution in [0.15, 0.2) is 12.1 Å². The summed E-state index contributed by atoms with van der Waals surface area (Å²) in [6.45, 7) is 1.89. The van der Waals surface area contributed by atoms with E-state index in [-0.39, 0.29) is 11.6 Å². The first-order valence-electron chi connectivity index (χ1n) is 6.95. The minimum absolute atomic E-state index is 0.219. The molecule has 0 spiro atoms. The molecule has 0 saturated heterocycles. The monoisotopic (exact) mass is 317 g/mol. The first kappa shape index (κ1) is 16.2. The number of hydrogen-bond acceptors (Lipinski definition) is 2. The van der Waals surface area contributed by atoms with Crippen molar-refractivity contribution in [2.45, 2.75) is 38.1 Å². The summed E-state index contributed by atoms with van der Waals surface area (Å²) >= 11 is 5.47. The third kappa shape index (κ3) is 3.52. The molecule has 1 aliphatic carbocycles. The minimum Gasteiger partial charge on any atom is -0.394 e. The zero-order valence-corrected chi connectivity index (χ0v) is 12.5. The maximum absolute atomic E-state index is 13.8. The van der Waals surface area contributed by atoms with E-state index < -0.39 is 28.6 Å². The van der Waals surface area contributed by atoms with E-state index >= 15 is 0 Å². The molecule has 1 fully saturated rings. The molecule has 1 amide bonds. The molecule has 2 rings (SSSR count). The number of hydrogen-bond donors (Lipinski definition) is 2. The number of carbonyl (C=O) groups excluding carboxylic acids is 1. The van der Waals surface area contributed by atoms with Gasteiger partial charge in [0.2, 0.25) is 0 Å². The molecule has 1 saturated carbocycles. The van der Waals surface area contributed by atoms with Crippen molar-refractivity contribution < 1.29 is 18.7 Å². The third-order valence-electron chi connectivity index (χ3n) is 4.17. The second-order valence-electron chi connectivity index (χ2n) is 5.82.